The summed E-state index contributed by atoms with van der Waals surface area (Å²) in [6, 6.07) is 11.4. The monoisotopic (exact) mass is 323 g/mol. The van der Waals surface area contributed by atoms with Crippen molar-refractivity contribution in [1.82, 2.24) is 14.9 Å². The smallest absolute Gasteiger partial charge is 0.138 e. The summed E-state index contributed by atoms with van der Waals surface area (Å²) in [4.78, 5) is 10.5. The largest absolute Gasteiger partial charge is 0.339 e. The maximum absolute atomic E-state index is 13.3. The number of halogens is 1. The van der Waals surface area contributed by atoms with Crippen LogP contribution in [0.25, 0.3) is 22.3 Å². The van der Waals surface area contributed by atoms with Gasteiger partial charge in [0.15, 0.2) is 0 Å². The lowest BCUT2D eigenvalue weighted by Gasteiger charge is -2.33. The van der Waals surface area contributed by atoms with E-state index in [1.165, 1.54) is 37.0 Å². The van der Waals surface area contributed by atoms with Gasteiger partial charge in [0.2, 0.25) is 0 Å². The van der Waals surface area contributed by atoms with E-state index in [1.54, 1.807) is 6.20 Å². The maximum Gasteiger partial charge on any atom is 0.138 e. The molecule has 4 rings (SSSR count). The van der Waals surface area contributed by atoms with Gasteiger partial charge in [-0.1, -0.05) is 6.42 Å². The Balaban J connectivity index is 1.79. The predicted octanol–water partition coefficient (Wildman–Crippen LogP) is 4.74. The van der Waals surface area contributed by atoms with Crippen LogP contribution in [0.5, 0.6) is 0 Å². The SMILES string of the molecule is C[C@@H]1CCCCN1Cc1c(-c2ccc(F)cc2)[nH]c2ncccc12. The minimum absolute atomic E-state index is 0.209. The molecule has 0 spiro atoms. The minimum Gasteiger partial charge on any atom is -0.339 e. The van der Waals surface area contributed by atoms with E-state index in [1.807, 2.05) is 18.2 Å². The highest BCUT2D eigenvalue weighted by Gasteiger charge is 2.22. The van der Waals surface area contributed by atoms with E-state index in [4.69, 9.17) is 0 Å². The number of pyridine rings is 1. The summed E-state index contributed by atoms with van der Waals surface area (Å²) in [5, 5.41) is 1.16. The Morgan fingerprint density at radius 1 is 1.21 bits per heavy atom. The van der Waals surface area contributed by atoms with E-state index in [0.717, 1.165) is 35.4 Å². The van der Waals surface area contributed by atoms with Gasteiger partial charge < -0.3 is 4.98 Å². The molecule has 0 radical (unpaired) electrons. The zero-order chi connectivity index (χ0) is 16.5. The Bertz CT molecular complexity index is 838. The number of likely N-dealkylation sites (tertiary alicyclic amines) is 1. The second kappa shape index (κ2) is 6.36. The standard InChI is InChI=1S/C20H22FN3/c1-14-5-2-3-12-24(14)13-18-17-6-4-11-22-20(17)23-19(18)15-7-9-16(21)10-8-15/h4,6-11,14H,2-3,5,12-13H2,1H3,(H,22,23)/t14-/m1/s1. The molecule has 1 atom stereocenters. The topological polar surface area (TPSA) is 31.9 Å². The highest BCUT2D eigenvalue weighted by molar-refractivity contribution is 5.88. The van der Waals surface area contributed by atoms with E-state index in [9.17, 15) is 4.39 Å². The average molecular weight is 323 g/mol. The van der Waals surface area contributed by atoms with Crippen molar-refractivity contribution in [1.29, 1.82) is 0 Å². The van der Waals surface area contributed by atoms with E-state index < -0.39 is 0 Å². The number of hydrogen-bond acceptors (Lipinski definition) is 2. The van der Waals surface area contributed by atoms with Crippen LogP contribution in [0.15, 0.2) is 42.6 Å². The highest BCUT2D eigenvalue weighted by atomic mass is 19.1. The fourth-order valence-electron chi connectivity index (χ4n) is 3.70. The molecule has 24 heavy (non-hydrogen) atoms. The van der Waals surface area contributed by atoms with Crippen LogP contribution in [0.4, 0.5) is 4.39 Å². The molecule has 1 saturated heterocycles. The Morgan fingerprint density at radius 3 is 2.83 bits per heavy atom. The molecule has 3 aromatic rings. The Morgan fingerprint density at radius 2 is 2.04 bits per heavy atom. The molecule has 0 bridgehead atoms. The van der Waals surface area contributed by atoms with E-state index in [-0.39, 0.29) is 5.82 Å². The van der Waals surface area contributed by atoms with Gasteiger partial charge in [0.1, 0.15) is 11.5 Å². The summed E-state index contributed by atoms with van der Waals surface area (Å²) in [5.74, 6) is -0.209. The van der Waals surface area contributed by atoms with Gasteiger partial charge in [0.25, 0.3) is 0 Å². The van der Waals surface area contributed by atoms with Crippen LogP contribution in [0.1, 0.15) is 31.7 Å². The maximum atomic E-state index is 13.3. The Hall–Kier alpha value is -2.20. The molecule has 1 N–H and O–H groups in total. The number of aromatic nitrogens is 2. The summed E-state index contributed by atoms with van der Waals surface area (Å²) in [6.45, 7) is 4.35. The van der Waals surface area contributed by atoms with Crippen LogP contribution in [0.2, 0.25) is 0 Å². The van der Waals surface area contributed by atoms with Crippen molar-refractivity contribution in [3.8, 4) is 11.3 Å². The van der Waals surface area contributed by atoms with E-state index in [2.05, 4.69) is 27.9 Å². The van der Waals surface area contributed by atoms with Crippen LogP contribution in [-0.2, 0) is 6.54 Å². The number of benzene rings is 1. The molecular weight excluding hydrogens is 301 g/mol. The molecule has 4 heteroatoms. The zero-order valence-corrected chi connectivity index (χ0v) is 13.9. The van der Waals surface area contributed by atoms with Gasteiger partial charge in [-0.3, -0.25) is 4.90 Å². The summed E-state index contributed by atoms with van der Waals surface area (Å²) in [5.41, 5.74) is 4.23. The third-order valence-corrected chi connectivity index (χ3v) is 5.11. The average Bonchev–Trinajstić information content (AvgIpc) is 2.96. The van der Waals surface area contributed by atoms with Gasteiger partial charge in [-0.25, -0.2) is 9.37 Å². The lowest BCUT2D eigenvalue weighted by molar-refractivity contribution is 0.153. The fraction of sp³-hybridized carbons (Fsp3) is 0.350. The van der Waals surface area contributed by atoms with Crippen molar-refractivity contribution < 1.29 is 4.39 Å². The molecule has 1 fully saturated rings. The number of hydrogen-bond donors (Lipinski definition) is 1. The van der Waals surface area contributed by atoms with Crippen LogP contribution in [0.3, 0.4) is 0 Å². The molecule has 0 saturated carbocycles. The predicted molar refractivity (Wildman–Crippen MR) is 95.2 cm³/mol. The molecular formula is C20H22FN3. The second-order valence-corrected chi connectivity index (χ2v) is 6.70. The van der Waals surface area contributed by atoms with E-state index >= 15 is 0 Å². The molecule has 0 amide bonds. The Kier molecular flexibility index (Phi) is 4.07. The molecule has 0 unspecified atom stereocenters. The van der Waals surface area contributed by atoms with Crippen molar-refractivity contribution in [2.75, 3.05) is 6.54 Å². The number of fused-ring (bicyclic) bond motifs is 1. The van der Waals surface area contributed by atoms with Crippen LogP contribution >= 0.6 is 0 Å². The van der Waals surface area contributed by atoms with Crippen molar-refractivity contribution in [2.45, 2.75) is 38.8 Å². The molecule has 1 aliphatic heterocycles. The molecule has 3 nitrogen and oxygen atoms in total. The van der Waals surface area contributed by atoms with Crippen LogP contribution in [-0.4, -0.2) is 27.5 Å². The van der Waals surface area contributed by atoms with Gasteiger partial charge in [-0.2, -0.15) is 0 Å². The summed E-state index contributed by atoms with van der Waals surface area (Å²) >= 11 is 0. The van der Waals surface area contributed by atoms with Gasteiger partial charge in [0.05, 0.1) is 5.69 Å². The second-order valence-electron chi connectivity index (χ2n) is 6.70. The van der Waals surface area contributed by atoms with Crippen molar-refractivity contribution >= 4 is 11.0 Å². The summed E-state index contributed by atoms with van der Waals surface area (Å²) in [6.07, 6.45) is 5.64. The molecule has 1 aromatic carbocycles. The first-order valence-corrected chi connectivity index (χ1v) is 8.68. The van der Waals surface area contributed by atoms with Gasteiger partial charge in [-0.15, -0.1) is 0 Å². The van der Waals surface area contributed by atoms with Gasteiger partial charge in [-0.05, 0) is 68.3 Å². The number of nitrogens with zero attached hydrogens (tertiary/aromatic N) is 2. The lowest BCUT2D eigenvalue weighted by atomic mass is 10.0. The fourth-order valence-corrected chi connectivity index (χ4v) is 3.70. The number of H-pyrrole nitrogens is 1. The number of nitrogens with one attached hydrogen (secondary N) is 1. The van der Waals surface area contributed by atoms with E-state index in [0.29, 0.717) is 6.04 Å². The minimum atomic E-state index is -0.209. The van der Waals surface area contributed by atoms with Crippen LogP contribution < -0.4 is 0 Å². The normalized spacial score (nSPS) is 19.0. The summed E-state index contributed by atoms with van der Waals surface area (Å²) < 4.78 is 13.3. The number of aromatic amines is 1. The quantitative estimate of drug-likeness (QED) is 0.755. The third kappa shape index (κ3) is 2.82. The first kappa shape index (κ1) is 15.3. The number of piperidine rings is 1. The summed E-state index contributed by atoms with van der Waals surface area (Å²) in [7, 11) is 0. The first-order valence-electron chi connectivity index (χ1n) is 8.68. The molecule has 0 aliphatic carbocycles. The third-order valence-electron chi connectivity index (χ3n) is 5.11. The number of rotatable bonds is 3. The lowest BCUT2D eigenvalue weighted by Crippen LogP contribution is -2.36. The van der Waals surface area contributed by atoms with Gasteiger partial charge >= 0.3 is 0 Å². The Labute approximate surface area is 141 Å². The molecule has 3 heterocycles. The van der Waals surface area contributed by atoms with Crippen molar-refractivity contribution in [2.24, 2.45) is 0 Å². The first-order chi connectivity index (χ1) is 11.7. The molecule has 124 valence electrons. The van der Waals surface area contributed by atoms with Crippen molar-refractivity contribution in [3.63, 3.8) is 0 Å². The molecule has 1 aliphatic rings. The molecule has 2 aromatic heterocycles. The van der Waals surface area contributed by atoms with Crippen molar-refractivity contribution in [3.05, 3.63) is 54.0 Å². The zero-order valence-electron chi connectivity index (χ0n) is 13.9. The van der Waals surface area contributed by atoms with Gasteiger partial charge in [0, 0.05) is 29.7 Å². The van der Waals surface area contributed by atoms with Crippen LogP contribution in [0, 0.1) is 5.82 Å². The highest BCUT2D eigenvalue weighted by Crippen LogP contribution is 2.32.